The molecule has 0 fully saturated rings. The van der Waals surface area contributed by atoms with Crippen LogP contribution in [0.4, 0.5) is 0 Å². The fourth-order valence-corrected chi connectivity index (χ4v) is 3.63. The van der Waals surface area contributed by atoms with Gasteiger partial charge >= 0.3 is 109 Å². The molecule has 3 aromatic rings. The summed E-state index contributed by atoms with van der Waals surface area (Å²) >= 11 is 3.91. The maximum atomic E-state index is 4.45. The van der Waals surface area contributed by atoms with Gasteiger partial charge in [0.2, 0.25) is 0 Å². The van der Waals surface area contributed by atoms with Crippen molar-refractivity contribution < 1.29 is 18.9 Å². The Hall–Kier alpha value is -1.02. The summed E-state index contributed by atoms with van der Waals surface area (Å²) in [5.41, 5.74) is 1.10. The molecule has 0 N–H and O–H groups in total. The Kier molecular flexibility index (Phi) is 2.60. The van der Waals surface area contributed by atoms with Crippen LogP contribution in [-0.2, 0) is 18.9 Å². The first-order valence-corrected chi connectivity index (χ1v) is 6.93. The second-order valence-electron chi connectivity index (χ2n) is 3.46. The third kappa shape index (κ3) is 1.71. The van der Waals surface area contributed by atoms with Crippen LogP contribution in [-0.4, -0.2) is 4.98 Å². The van der Waals surface area contributed by atoms with E-state index < -0.39 is 0 Å². The summed E-state index contributed by atoms with van der Waals surface area (Å²) in [5.74, 6) is 0. The molecule has 0 saturated carbocycles. The molecular weight excluding hydrogens is 394 g/mol. The van der Waals surface area contributed by atoms with E-state index in [1.165, 1.54) is 19.0 Å². The van der Waals surface area contributed by atoms with Gasteiger partial charge in [-0.2, -0.15) is 0 Å². The zero-order chi connectivity index (χ0) is 11.0. The summed E-state index contributed by atoms with van der Waals surface area (Å²) in [6.07, 6.45) is 1.85. The summed E-state index contributed by atoms with van der Waals surface area (Å²) in [5, 5.41) is 1.30. The summed E-state index contributed by atoms with van der Waals surface area (Å²) < 4.78 is 2.55. The molecule has 0 amide bonds. The van der Waals surface area contributed by atoms with Crippen LogP contribution in [0, 0.1) is 0 Å². The topological polar surface area (TPSA) is 12.9 Å². The molecule has 3 heteroatoms. The summed E-state index contributed by atoms with van der Waals surface area (Å²) in [4.78, 5) is 5.70. The number of fused-ring (bicyclic) bond motifs is 1. The van der Waals surface area contributed by atoms with Gasteiger partial charge in [0.1, 0.15) is 0 Å². The van der Waals surface area contributed by atoms with Gasteiger partial charge in [-0.15, -0.1) is 0 Å². The Labute approximate surface area is 108 Å². The monoisotopic (exact) mass is 403 g/mol. The number of thiophene rings is 1. The van der Waals surface area contributed by atoms with Crippen LogP contribution in [0.5, 0.6) is 0 Å². The normalized spacial score (nSPS) is 10.9. The SMILES string of the molecule is [Ir][c]1cccnc1-c1cc2ccccc2s1. The van der Waals surface area contributed by atoms with E-state index in [1.54, 1.807) is 11.3 Å². The summed E-state index contributed by atoms with van der Waals surface area (Å²) in [6.45, 7) is 0. The van der Waals surface area contributed by atoms with Crippen molar-refractivity contribution in [2.75, 3.05) is 0 Å². The van der Waals surface area contributed by atoms with Crippen molar-refractivity contribution in [2.24, 2.45) is 0 Å². The molecule has 80 valence electrons. The molecule has 0 aliphatic carbocycles. The van der Waals surface area contributed by atoms with E-state index >= 15 is 0 Å². The Balaban J connectivity index is 2.23. The van der Waals surface area contributed by atoms with Gasteiger partial charge < -0.3 is 0 Å². The summed E-state index contributed by atoms with van der Waals surface area (Å²) in [6, 6.07) is 14.8. The van der Waals surface area contributed by atoms with Gasteiger partial charge in [-0.3, -0.25) is 0 Å². The molecule has 2 aromatic heterocycles. The first-order valence-electron chi connectivity index (χ1n) is 4.92. The van der Waals surface area contributed by atoms with Crippen LogP contribution in [0.1, 0.15) is 0 Å². The van der Waals surface area contributed by atoms with E-state index in [4.69, 9.17) is 0 Å². The van der Waals surface area contributed by atoms with Crippen molar-refractivity contribution in [3.63, 3.8) is 0 Å². The second-order valence-corrected chi connectivity index (χ2v) is 5.83. The third-order valence-corrected chi connectivity index (χ3v) is 4.49. The molecule has 0 bridgehead atoms. The molecule has 0 unspecified atom stereocenters. The van der Waals surface area contributed by atoms with Crippen molar-refractivity contribution in [1.82, 2.24) is 4.98 Å². The van der Waals surface area contributed by atoms with Crippen molar-refractivity contribution in [2.45, 2.75) is 0 Å². The average molecular weight is 402 g/mol. The summed E-state index contributed by atoms with van der Waals surface area (Å²) in [7, 11) is 0. The van der Waals surface area contributed by atoms with E-state index in [1.807, 2.05) is 12.3 Å². The fraction of sp³-hybridized carbons (Fsp3) is 0. The second kappa shape index (κ2) is 4.10. The maximum absolute atomic E-state index is 4.45. The van der Waals surface area contributed by atoms with E-state index in [2.05, 4.69) is 60.3 Å². The average Bonchev–Trinajstić information content (AvgIpc) is 2.73. The van der Waals surface area contributed by atoms with Gasteiger partial charge in [0.15, 0.2) is 0 Å². The molecule has 16 heavy (non-hydrogen) atoms. The Morgan fingerprint density at radius 2 is 1.94 bits per heavy atom. The number of hydrogen-bond donors (Lipinski definition) is 0. The van der Waals surface area contributed by atoms with Crippen LogP contribution in [0.15, 0.2) is 48.7 Å². The predicted octanol–water partition coefficient (Wildman–Crippen LogP) is 3.14. The van der Waals surface area contributed by atoms with Crippen LogP contribution < -0.4 is 4.08 Å². The minimum absolute atomic E-state index is 1.10. The van der Waals surface area contributed by atoms with Gasteiger partial charge in [-0.1, -0.05) is 0 Å². The van der Waals surface area contributed by atoms with Crippen molar-refractivity contribution in [1.29, 1.82) is 0 Å². The quantitative estimate of drug-likeness (QED) is 0.610. The number of nitrogens with zero attached hydrogens (tertiary/aromatic N) is 1. The Bertz CT molecular complexity index is 612. The van der Waals surface area contributed by atoms with Crippen molar-refractivity contribution in [3.05, 3.63) is 48.7 Å². The molecule has 0 radical (unpaired) electrons. The number of pyridine rings is 1. The van der Waals surface area contributed by atoms with Gasteiger partial charge in [-0.05, 0) is 0 Å². The molecule has 0 aliphatic rings. The molecule has 0 atom stereocenters. The minimum atomic E-state index is 1.10. The molecule has 0 aliphatic heterocycles. The molecular formula is C13H8IrNS. The molecule has 3 rings (SSSR count). The van der Waals surface area contributed by atoms with Gasteiger partial charge in [0.05, 0.1) is 0 Å². The van der Waals surface area contributed by atoms with E-state index in [0.717, 1.165) is 5.69 Å². The van der Waals surface area contributed by atoms with Crippen LogP contribution in [0.2, 0.25) is 0 Å². The third-order valence-electron chi connectivity index (χ3n) is 2.40. The molecule has 1 aromatic carbocycles. The molecule has 0 saturated heterocycles. The number of aromatic nitrogens is 1. The molecule has 2 heterocycles. The van der Waals surface area contributed by atoms with E-state index in [0.29, 0.717) is 0 Å². The van der Waals surface area contributed by atoms with Crippen LogP contribution in [0.3, 0.4) is 0 Å². The van der Waals surface area contributed by atoms with Crippen molar-refractivity contribution in [3.8, 4) is 10.6 Å². The predicted molar refractivity (Wildman–Crippen MR) is 64.7 cm³/mol. The number of hydrogen-bond acceptors (Lipinski definition) is 2. The van der Waals surface area contributed by atoms with Gasteiger partial charge in [0.25, 0.3) is 0 Å². The fourth-order valence-electron chi connectivity index (χ4n) is 1.65. The first-order chi connectivity index (χ1) is 7.84. The van der Waals surface area contributed by atoms with E-state index in [-0.39, 0.29) is 0 Å². The number of rotatable bonds is 1. The first kappa shape index (κ1) is 10.2. The zero-order valence-electron chi connectivity index (χ0n) is 8.31. The zero-order valence-corrected chi connectivity index (χ0v) is 11.5. The standard InChI is InChI=1S/C13H8NS.Ir/c1-2-7-12-10(5-1)9-13(15-12)11-6-3-4-8-14-11;/h1-5,7-9H;. The Morgan fingerprint density at radius 1 is 1.06 bits per heavy atom. The molecule has 0 spiro atoms. The van der Waals surface area contributed by atoms with Crippen molar-refractivity contribution >= 4 is 25.5 Å². The molecule has 1 nitrogen and oxygen atoms in total. The van der Waals surface area contributed by atoms with Gasteiger partial charge in [-0.25, -0.2) is 0 Å². The Morgan fingerprint density at radius 3 is 2.75 bits per heavy atom. The number of benzene rings is 1. The van der Waals surface area contributed by atoms with E-state index in [9.17, 15) is 0 Å². The van der Waals surface area contributed by atoms with Crippen LogP contribution >= 0.6 is 11.3 Å². The van der Waals surface area contributed by atoms with Crippen LogP contribution in [0.25, 0.3) is 20.7 Å². The van der Waals surface area contributed by atoms with Gasteiger partial charge in [0, 0.05) is 0 Å².